The Hall–Kier alpha value is -1.74. The van der Waals surface area contributed by atoms with Gasteiger partial charge in [0.2, 0.25) is 0 Å². The third-order valence-corrected chi connectivity index (χ3v) is 4.48. The second-order valence-corrected chi connectivity index (χ2v) is 5.64. The molecule has 3 unspecified atom stereocenters. The fourth-order valence-electron chi connectivity index (χ4n) is 3.54. The van der Waals surface area contributed by atoms with E-state index in [1.54, 1.807) is 6.20 Å². The van der Waals surface area contributed by atoms with Crippen molar-refractivity contribution in [3.63, 3.8) is 0 Å². The van der Waals surface area contributed by atoms with Crippen LogP contribution in [-0.4, -0.2) is 22.1 Å². The first-order valence-electron chi connectivity index (χ1n) is 9.01. The highest BCUT2D eigenvalue weighted by Crippen LogP contribution is 2.40. The first-order chi connectivity index (χ1) is 11.4. The van der Waals surface area contributed by atoms with Crippen molar-refractivity contribution in [3.05, 3.63) is 48.5 Å². The van der Waals surface area contributed by atoms with Gasteiger partial charge in [0.05, 0.1) is 0 Å². The second-order valence-electron chi connectivity index (χ2n) is 5.64. The Labute approximate surface area is 140 Å². The van der Waals surface area contributed by atoms with Crippen LogP contribution in [0.1, 0.15) is 58.4 Å². The normalized spacial score (nSPS) is 24.3. The molecule has 1 N–H and O–H groups in total. The Morgan fingerprint density at radius 1 is 0.957 bits per heavy atom. The van der Waals surface area contributed by atoms with E-state index >= 15 is 0 Å². The van der Waals surface area contributed by atoms with Gasteiger partial charge in [-0.1, -0.05) is 33.8 Å². The van der Waals surface area contributed by atoms with Crippen molar-refractivity contribution in [3.8, 4) is 11.1 Å². The first-order valence-corrected chi connectivity index (χ1v) is 9.01. The zero-order valence-corrected chi connectivity index (χ0v) is 14.8. The van der Waals surface area contributed by atoms with E-state index in [1.165, 1.54) is 30.4 Å². The highest BCUT2D eigenvalue weighted by Gasteiger charge is 2.39. The van der Waals surface area contributed by atoms with E-state index in [1.807, 2.05) is 52.4 Å². The third-order valence-electron chi connectivity index (χ3n) is 4.48. The number of nitrogens with one attached hydrogen (secondary N) is 1. The quantitative estimate of drug-likeness (QED) is 0.865. The maximum absolute atomic E-state index is 4.43. The van der Waals surface area contributed by atoms with Crippen LogP contribution in [0.25, 0.3) is 11.1 Å². The van der Waals surface area contributed by atoms with Crippen LogP contribution in [-0.2, 0) is 0 Å². The molecule has 2 saturated heterocycles. The van der Waals surface area contributed by atoms with Crippen LogP contribution in [0, 0.1) is 0 Å². The summed E-state index contributed by atoms with van der Waals surface area (Å²) in [5.74, 6) is 0.642. The van der Waals surface area contributed by atoms with Gasteiger partial charge in [-0.05, 0) is 37.0 Å². The molecule has 2 aromatic heterocycles. The molecular weight excluding hydrogens is 282 g/mol. The van der Waals surface area contributed by atoms with Crippen molar-refractivity contribution in [2.75, 3.05) is 0 Å². The topological polar surface area (TPSA) is 37.8 Å². The molecule has 0 saturated carbocycles. The predicted molar refractivity (Wildman–Crippen MR) is 97.5 cm³/mol. The van der Waals surface area contributed by atoms with Gasteiger partial charge < -0.3 is 5.32 Å². The monoisotopic (exact) mass is 311 g/mol. The van der Waals surface area contributed by atoms with Crippen molar-refractivity contribution in [1.82, 2.24) is 15.3 Å². The number of rotatable bonds is 2. The van der Waals surface area contributed by atoms with Crippen LogP contribution < -0.4 is 5.32 Å². The lowest BCUT2D eigenvalue weighted by Gasteiger charge is -2.20. The molecule has 124 valence electrons. The van der Waals surface area contributed by atoms with Crippen molar-refractivity contribution >= 4 is 0 Å². The van der Waals surface area contributed by atoms with E-state index in [2.05, 4.69) is 27.4 Å². The van der Waals surface area contributed by atoms with Gasteiger partial charge in [0.1, 0.15) is 0 Å². The summed E-state index contributed by atoms with van der Waals surface area (Å²) in [4.78, 5) is 8.62. The Morgan fingerprint density at radius 2 is 1.74 bits per heavy atom. The fourth-order valence-corrected chi connectivity index (χ4v) is 3.54. The highest BCUT2D eigenvalue weighted by molar-refractivity contribution is 5.62. The molecule has 2 fully saturated rings. The molecule has 3 atom stereocenters. The smallest absolute Gasteiger partial charge is 0.0347 e. The van der Waals surface area contributed by atoms with Crippen molar-refractivity contribution in [2.24, 2.45) is 0 Å². The van der Waals surface area contributed by atoms with Gasteiger partial charge >= 0.3 is 0 Å². The molecule has 23 heavy (non-hydrogen) atoms. The Morgan fingerprint density at radius 3 is 2.35 bits per heavy atom. The molecule has 0 amide bonds. The predicted octanol–water partition coefficient (Wildman–Crippen LogP) is 4.80. The van der Waals surface area contributed by atoms with Crippen LogP contribution in [0.3, 0.4) is 0 Å². The minimum absolute atomic E-state index is 0.642. The van der Waals surface area contributed by atoms with E-state index < -0.39 is 0 Å². The Kier molecular flexibility index (Phi) is 6.72. The summed E-state index contributed by atoms with van der Waals surface area (Å²) in [5, 5.41) is 3.70. The summed E-state index contributed by atoms with van der Waals surface area (Å²) in [6.45, 7) is 8.00. The summed E-state index contributed by atoms with van der Waals surface area (Å²) in [6, 6.07) is 7.75. The number of hydrogen-bond donors (Lipinski definition) is 1. The molecule has 2 bridgehead atoms. The summed E-state index contributed by atoms with van der Waals surface area (Å²) in [6.07, 6.45) is 11.6. The zero-order chi connectivity index (χ0) is 16.7. The minimum atomic E-state index is 0.642. The van der Waals surface area contributed by atoms with Gasteiger partial charge in [0.15, 0.2) is 0 Å². The second kappa shape index (κ2) is 8.78. The number of aromatic nitrogens is 2. The van der Waals surface area contributed by atoms with E-state index in [0.29, 0.717) is 12.0 Å². The van der Waals surface area contributed by atoms with E-state index in [9.17, 15) is 0 Å². The van der Waals surface area contributed by atoms with Gasteiger partial charge in [-0.15, -0.1) is 0 Å². The maximum Gasteiger partial charge on any atom is 0.0347 e. The number of nitrogens with zero attached hydrogens (tertiary/aromatic N) is 2. The van der Waals surface area contributed by atoms with Crippen molar-refractivity contribution in [2.45, 2.75) is 65.0 Å². The standard InChI is InChI=1S/C16H17N3.2C2H6/c1-2-11(8-17-5-1)12-6-13(10-18-9-12)15-7-14-3-4-16(15)19-14;2*1-2/h1-2,5-6,8-10,14-16,19H,3-4,7H2;2*1-2H3. The van der Waals surface area contributed by atoms with Gasteiger partial charge in [0, 0.05) is 53.9 Å². The molecule has 2 aliphatic rings. The van der Waals surface area contributed by atoms with E-state index in [4.69, 9.17) is 0 Å². The number of pyridine rings is 2. The fraction of sp³-hybridized carbons (Fsp3) is 0.500. The van der Waals surface area contributed by atoms with E-state index in [0.717, 1.165) is 11.6 Å². The lowest BCUT2D eigenvalue weighted by molar-refractivity contribution is 0.505. The lowest BCUT2D eigenvalue weighted by Crippen LogP contribution is -2.21. The molecule has 2 aliphatic heterocycles. The van der Waals surface area contributed by atoms with Crippen LogP contribution in [0.5, 0.6) is 0 Å². The molecular formula is C20H29N3. The molecule has 3 nitrogen and oxygen atoms in total. The molecule has 0 spiro atoms. The highest BCUT2D eigenvalue weighted by atomic mass is 15.0. The van der Waals surface area contributed by atoms with Crippen LogP contribution in [0.15, 0.2) is 43.0 Å². The Balaban J connectivity index is 0.000000448. The molecule has 4 rings (SSSR count). The Bertz CT molecular complexity index is 582. The van der Waals surface area contributed by atoms with E-state index in [-0.39, 0.29) is 0 Å². The van der Waals surface area contributed by atoms with Gasteiger partial charge in [0.25, 0.3) is 0 Å². The largest absolute Gasteiger partial charge is 0.311 e. The average molecular weight is 311 g/mol. The van der Waals surface area contributed by atoms with Gasteiger partial charge in [-0.2, -0.15) is 0 Å². The average Bonchev–Trinajstić information content (AvgIpc) is 3.29. The molecule has 3 heteroatoms. The van der Waals surface area contributed by atoms with Crippen LogP contribution in [0.4, 0.5) is 0 Å². The number of fused-ring (bicyclic) bond motifs is 2. The molecule has 2 aromatic rings. The number of hydrogen-bond acceptors (Lipinski definition) is 3. The van der Waals surface area contributed by atoms with Gasteiger partial charge in [-0.25, -0.2) is 0 Å². The SMILES string of the molecule is CC.CC.c1cncc(-c2cncc(C3CC4CCC3N4)c2)c1. The van der Waals surface area contributed by atoms with Crippen LogP contribution in [0.2, 0.25) is 0 Å². The molecule has 0 aromatic carbocycles. The van der Waals surface area contributed by atoms with Crippen molar-refractivity contribution < 1.29 is 0 Å². The lowest BCUT2D eigenvalue weighted by atomic mass is 9.84. The van der Waals surface area contributed by atoms with Crippen LogP contribution >= 0.6 is 0 Å². The summed E-state index contributed by atoms with van der Waals surface area (Å²) in [7, 11) is 0. The first kappa shape index (κ1) is 17.6. The molecule has 4 heterocycles. The molecule has 0 radical (unpaired) electrons. The third kappa shape index (κ3) is 3.97. The molecule has 0 aliphatic carbocycles. The minimum Gasteiger partial charge on any atom is -0.311 e. The maximum atomic E-state index is 4.43. The summed E-state index contributed by atoms with van der Waals surface area (Å²) in [5.41, 5.74) is 3.70. The summed E-state index contributed by atoms with van der Waals surface area (Å²) >= 11 is 0. The zero-order valence-electron chi connectivity index (χ0n) is 14.8. The van der Waals surface area contributed by atoms with Crippen molar-refractivity contribution in [1.29, 1.82) is 0 Å². The summed E-state index contributed by atoms with van der Waals surface area (Å²) < 4.78 is 0. The van der Waals surface area contributed by atoms with Gasteiger partial charge in [-0.3, -0.25) is 9.97 Å².